The second-order valence-electron chi connectivity index (χ2n) is 1.10. The van der Waals surface area contributed by atoms with Crippen molar-refractivity contribution in [3.63, 3.8) is 0 Å². The average Bonchev–Trinajstić information content (AvgIpc) is 2.14. The maximum atomic E-state index is 10.2. The third-order valence-electron chi connectivity index (χ3n) is 0.598. The summed E-state index contributed by atoms with van der Waals surface area (Å²) in [6.45, 7) is 0. The number of terminal acetylenes is 1. The molecular weight excluding hydrogens is 124 g/mol. The van der Waals surface area contributed by atoms with Crippen LogP contribution in [0.1, 0.15) is 5.76 Å². The molecule has 0 aliphatic rings. The van der Waals surface area contributed by atoms with Crippen molar-refractivity contribution < 1.29 is 4.42 Å². The summed E-state index contributed by atoms with van der Waals surface area (Å²) >= 11 is 0.964. The van der Waals surface area contributed by atoms with Gasteiger partial charge in [-0.3, -0.25) is 0 Å². The van der Waals surface area contributed by atoms with Crippen molar-refractivity contribution in [3.8, 4) is 12.3 Å². The minimum atomic E-state index is -0.349. The molecule has 0 radical (unpaired) electrons. The molecular formula is C5H2O2S. The summed E-state index contributed by atoms with van der Waals surface area (Å²) in [5, 5.41) is 1.50. The highest BCUT2D eigenvalue weighted by atomic mass is 32.1. The van der Waals surface area contributed by atoms with Crippen LogP contribution in [0.2, 0.25) is 0 Å². The second-order valence-corrected chi connectivity index (χ2v) is 1.90. The maximum Gasteiger partial charge on any atom is 0.396 e. The predicted molar refractivity (Wildman–Crippen MR) is 30.8 cm³/mol. The van der Waals surface area contributed by atoms with E-state index in [0.29, 0.717) is 5.76 Å². The number of hydrogen-bond donors (Lipinski definition) is 0. The van der Waals surface area contributed by atoms with Crippen LogP contribution in [-0.2, 0) is 0 Å². The van der Waals surface area contributed by atoms with Crippen LogP contribution < -0.4 is 4.94 Å². The average molecular weight is 126 g/mol. The van der Waals surface area contributed by atoms with Gasteiger partial charge in [-0.2, -0.15) is 0 Å². The fraction of sp³-hybridized carbons (Fsp3) is 0. The monoisotopic (exact) mass is 126 g/mol. The molecule has 0 saturated carbocycles. The van der Waals surface area contributed by atoms with Gasteiger partial charge in [0.1, 0.15) is 0 Å². The van der Waals surface area contributed by atoms with Gasteiger partial charge in [0.15, 0.2) is 5.76 Å². The van der Waals surface area contributed by atoms with E-state index in [1.807, 2.05) is 0 Å². The summed E-state index contributed by atoms with van der Waals surface area (Å²) in [5.41, 5.74) is 0. The van der Waals surface area contributed by atoms with Crippen LogP contribution in [-0.4, -0.2) is 0 Å². The SMILES string of the molecule is C#Cc1csc(=O)o1. The van der Waals surface area contributed by atoms with E-state index in [1.165, 1.54) is 5.38 Å². The van der Waals surface area contributed by atoms with Gasteiger partial charge in [-0.25, -0.2) is 4.79 Å². The van der Waals surface area contributed by atoms with Gasteiger partial charge in [0.25, 0.3) is 0 Å². The van der Waals surface area contributed by atoms with Crippen LogP contribution in [0.25, 0.3) is 0 Å². The topological polar surface area (TPSA) is 30.2 Å². The van der Waals surface area contributed by atoms with Crippen LogP contribution >= 0.6 is 11.3 Å². The van der Waals surface area contributed by atoms with Crippen molar-refractivity contribution in [2.24, 2.45) is 0 Å². The molecule has 0 aliphatic carbocycles. The summed E-state index contributed by atoms with van der Waals surface area (Å²) in [6.07, 6.45) is 4.89. The minimum absolute atomic E-state index is 0.306. The van der Waals surface area contributed by atoms with Crippen LogP contribution in [0.4, 0.5) is 0 Å². The summed E-state index contributed by atoms with van der Waals surface area (Å²) in [5.74, 6) is 2.50. The van der Waals surface area contributed by atoms with Crippen LogP contribution in [0, 0.1) is 12.3 Å². The number of rotatable bonds is 0. The highest BCUT2D eigenvalue weighted by Crippen LogP contribution is 1.95. The van der Waals surface area contributed by atoms with Gasteiger partial charge in [0.05, 0.1) is 0 Å². The van der Waals surface area contributed by atoms with E-state index in [9.17, 15) is 4.79 Å². The van der Waals surface area contributed by atoms with E-state index >= 15 is 0 Å². The first-order valence-electron chi connectivity index (χ1n) is 1.88. The summed E-state index contributed by atoms with van der Waals surface area (Å²) in [6, 6.07) is 0. The van der Waals surface area contributed by atoms with Crippen LogP contribution in [0.15, 0.2) is 14.6 Å². The molecule has 0 N–H and O–H groups in total. The lowest BCUT2D eigenvalue weighted by atomic mass is 10.6. The first kappa shape index (κ1) is 5.13. The molecule has 0 saturated heterocycles. The quantitative estimate of drug-likeness (QED) is 0.478. The lowest BCUT2D eigenvalue weighted by molar-refractivity contribution is 0.525. The van der Waals surface area contributed by atoms with Crippen LogP contribution in [0.3, 0.4) is 0 Å². The van der Waals surface area contributed by atoms with Crippen molar-refractivity contribution >= 4 is 11.3 Å². The molecule has 1 aromatic rings. The Bertz CT molecular complexity index is 262. The zero-order chi connectivity index (χ0) is 5.98. The minimum Gasteiger partial charge on any atom is -0.405 e. The molecule has 40 valence electrons. The van der Waals surface area contributed by atoms with Crippen LogP contribution in [0.5, 0.6) is 0 Å². The lowest BCUT2D eigenvalue weighted by Crippen LogP contribution is -1.80. The summed E-state index contributed by atoms with van der Waals surface area (Å²) in [7, 11) is 0. The Morgan fingerprint density at radius 2 is 2.62 bits per heavy atom. The third-order valence-corrected chi connectivity index (χ3v) is 1.21. The molecule has 1 aromatic heterocycles. The molecule has 0 atom stereocenters. The molecule has 2 nitrogen and oxygen atoms in total. The molecule has 8 heavy (non-hydrogen) atoms. The summed E-state index contributed by atoms with van der Waals surface area (Å²) < 4.78 is 4.46. The number of hydrogen-bond acceptors (Lipinski definition) is 3. The highest BCUT2D eigenvalue weighted by molar-refractivity contribution is 7.07. The zero-order valence-corrected chi connectivity index (χ0v) is 4.70. The Hall–Kier alpha value is -1.01. The van der Waals surface area contributed by atoms with Gasteiger partial charge in [-0.1, -0.05) is 11.3 Å². The Labute approximate surface area is 49.8 Å². The zero-order valence-electron chi connectivity index (χ0n) is 3.88. The Balaban J connectivity index is 3.25. The molecule has 0 aromatic carbocycles. The van der Waals surface area contributed by atoms with E-state index in [1.54, 1.807) is 0 Å². The lowest BCUT2D eigenvalue weighted by Gasteiger charge is -1.67. The smallest absolute Gasteiger partial charge is 0.396 e. The van der Waals surface area contributed by atoms with E-state index < -0.39 is 0 Å². The van der Waals surface area contributed by atoms with Crippen molar-refractivity contribution in [3.05, 3.63) is 20.9 Å². The van der Waals surface area contributed by atoms with Gasteiger partial charge < -0.3 is 4.42 Å². The Morgan fingerprint density at radius 1 is 1.88 bits per heavy atom. The standard InChI is InChI=1S/C5H2O2S/c1-2-4-3-8-5(6)7-4/h1,3H. The van der Waals surface area contributed by atoms with Crippen molar-refractivity contribution in [2.45, 2.75) is 0 Å². The molecule has 1 heterocycles. The first-order valence-corrected chi connectivity index (χ1v) is 2.76. The molecule has 0 unspecified atom stereocenters. The van der Waals surface area contributed by atoms with Gasteiger partial charge >= 0.3 is 4.94 Å². The normalized spacial score (nSPS) is 8.38. The van der Waals surface area contributed by atoms with Gasteiger partial charge in [-0.05, 0) is 5.92 Å². The molecule has 3 heteroatoms. The van der Waals surface area contributed by atoms with Gasteiger partial charge in [0.2, 0.25) is 0 Å². The molecule has 0 aliphatic heterocycles. The first-order chi connectivity index (χ1) is 3.83. The fourth-order valence-electron chi connectivity index (χ4n) is 0.303. The second kappa shape index (κ2) is 1.85. The van der Waals surface area contributed by atoms with Crippen molar-refractivity contribution in [2.75, 3.05) is 0 Å². The van der Waals surface area contributed by atoms with Crippen molar-refractivity contribution in [1.82, 2.24) is 0 Å². The Morgan fingerprint density at radius 3 is 2.88 bits per heavy atom. The molecule has 0 bridgehead atoms. The Kier molecular flexibility index (Phi) is 1.18. The fourth-order valence-corrected chi connectivity index (χ4v) is 0.760. The highest BCUT2D eigenvalue weighted by Gasteiger charge is 1.90. The van der Waals surface area contributed by atoms with Gasteiger partial charge in [0, 0.05) is 5.38 Å². The molecule has 0 amide bonds. The predicted octanol–water partition coefficient (Wildman–Crippen LogP) is 0.683. The van der Waals surface area contributed by atoms with Crippen molar-refractivity contribution in [1.29, 1.82) is 0 Å². The largest absolute Gasteiger partial charge is 0.405 e. The molecule has 1 rings (SSSR count). The summed E-state index contributed by atoms with van der Waals surface area (Å²) in [4.78, 5) is 9.86. The molecule has 0 fully saturated rings. The van der Waals surface area contributed by atoms with E-state index in [4.69, 9.17) is 6.42 Å². The third kappa shape index (κ3) is 0.796. The van der Waals surface area contributed by atoms with E-state index in [2.05, 4.69) is 10.3 Å². The van der Waals surface area contributed by atoms with E-state index in [-0.39, 0.29) is 4.94 Å². The van der Waals surface area contributed by atoms with E-state index in [0.717, 1.165) is 11.3 Å². The maximum absolute atomic E-state index is 10.2. The van der Waals surface area contributed by atoms with Gasteiger partial charge in [-0.15, -0.1) is 6.42 Å². The molecule has 0 spiro atoms.